The average Bonchev–Trinajstić information content (AvgIpc) is 2.84. The van der Waals surface area contributed by atoms with Crippen molar-refractivity contribution in [2.24, 2.45) is 11.8 Å². The summed E-state index contributed by atoms with van der Waals surface area (Å²) < 4.78 is 6.09. The van der Waals surface area contributed by atoms with Crippen LogP contribution in [0, 0.1) is 11.8 Å². The van der Waals surface area contributed by atoms with Gasteiger partial charge in [0.25, 0.3) is 0 Å². The van der Waals surface area contributed by atoms with E-state index < -0.39 is 0 Å². The third-order valence-corrected chi connectivity index (χ3v) is 5.69. The molecule has 1 fully saturated rings. The molecule has 1 aliphatic carbocycles. The van der Waals surface area contributed by atoms with E-state index in [9.17, 15) is 10.2 Å². The molecule has 24 heavy (non-hydrogen) atoms. The zero-order chi connectivity index (χ0) is 17.4. The van der Waals surface area contributed by atoms with Gasteiger partial charge in [-0.1, -0.05) is 44.9 Å². The van der Waals surface area contributed by atoms with Crippen LogP contribution in [0.1, 0.15) is 77.6 Å². The van der Waals surface area contributed by atoms with Crippen molar-refractivity contribution in [3.05, 3.63) is 24.5 Å². The molecule has 1 heterocycles. The summed E-state index contributed by atoms with van der Waals surface area (Å²) >= 11 is 0. The van der Waals surface area contributed by atoms with Gasteiger partial charge in [-0.05, 0) is 44.4 Å². The molecule has 0 spiro atoms. The maximum atomic E-state index is 10.5. The fraction of sp³-hybridized carbons (Fsp3) is 0.810. The topological polar surface area (TPSA) is 49.7 Å². The van der Waals surface area contributed by atoms with Crippen LogP contribution in [0.25, 0.3) is 0 Å². The Labute approximate surface area is 147 Å². The van der Waals surface area contributed by atoms with Gasteiger partial charge in [0.1, 0.15) is 6.10 Å². The first-order chi connectivity index (χ1) is 11.6. The van der Waals surface area contributed by atoms with Gasteiger partial charge in [0.2, 0.25) is 0 Å². The predicted molar refractivity (Wildman–Crippen MR) is 98.6 cm³/mol. The highest BCUT2D eigenvalue weighted by molar-refractivity contribution is 5.00. The Hall–Kier alpha value is -0.800. The van der Waals surface area contributed by atoms with Crippen LogP contribution in [0.3, 0.4) is 0 Å². The summed E-state index contributed by atoms with van der Waals surface area (Å²) in [4.78, 5) is 0. The van der Waals surface area contributed by atoms with Crippen LogP contribution in [0.2, 0.25) is 0 Å². The van der Waals surface area contributed by atoms with Gasteiger partial charge in [-0.15, -0.1) is 0 Å². The molecule has 1 aliphatic heterocycles. The second-order valence-corrected chi connectivity index (χ2v) is 7.65. The van der Waals surface area contributed by atoms with Crippen molar-refractivity contribution >= 4 is 0 Å². The van der Waals surface area contributed by atoms with E-state index in [0.717, 1.165) is 57.1 Å². The summed E-state index contributed by atoms with van der Waals surface area (Å²) in [5.41, 5.74) is 0. The smallest absolute Gasteiger partial charge is 0.104 e. The SMILES string of the molecule is C=C1CCC/C=C\C[C@@H]2[C@@H](CC[C@@H](O)CCCCC)[C@H](O)C[C@@H]2O1. The zero-order valence-electron chi connectivity index (χ0n) is 15.3. The first kappa shape index (κ1) is 19.5. The summed E-state index contributed by atoms with van der Waals surface area (Å²) in [5, 5.41) is 20.7. The van der Waals surface area contributed by atoms with Crippen LogP contribution < -0.4 is 0 Å². The second-order valence-electron chi connectivity index (χ2n) is 7.65. The number of aliphatic hydroxyl groups is 2. The van der Waals surface area contributed by atoms with E-state index in [0.29, 0.717) is 12.3 Å². The van der Waals surface area contributed by atoms with Crippen LogP contribution in [-0.4, -0.2) is 28.5 Å². The van der Waals surface area contributed by atoms with Gasteiger partial charge in [0.05, 0.1) is 18.0 Å². The highest BCUT2D eigenvalue weighted by Crippen LogP contribution is 2.41. The van der Waals surface area contributed by atoms with Crippen LogP contribution in [0.15, 0.2) is 24.5 Å². The molecule has 1 saturated carbocycles. The Bertz CT molecular complexity index is 404. The number of fused-ring (bicyclic) bond motifs is 1. The van der Waals surface area contributed by atoms with Crippen molar-refractivity contribution < 1.29 is 14.9 Å². The molecule has 3 nitrogen and oxygen atoms in total. The molecule has 0 saturated heterocycles. The molecule has 0 aromatic heterocycles. The second kappa shape index (κ2) is 10.2. The molecule has 3 heteroatoms. The average molecular weight is 337 g/mol. The molecular weight excluding hydrogens is 300 g/mol. The van der Waals surface area contributed by atoms with Gasteiger partial charge in [0.15, 0.2) is 0 Å². The predicted octanol–water partition coefficient (Wildman–Crippen LogP) is 4.73. The Kier molecular flexibility index (Phi) is 8.34. The molecular formula is C21H36O3. The maximum absolute atomic E-state index is 10.5. The van der Waals surface area contributed by atoms with Crippen molar-refractivity contribution in [2.75, 3.05) is 0 Å². The lowest BCUT2D eigenvalue weighted by Gasteiger charge is -2.27. The highest BCUT2D eigenvalue weighted by atomic mass is 16.5. The standard InChI is InChI=1S/C21H36O3/c1-3-4-7-11-17(22)13-14-18-19-12-9-6-5-8-10-16(2)24-21(19)15-20(18)23/h6,9,17-23H,2-5,7-8,10-15H2,1H3/b9-6-/t17-,18+,19+,20+,21-/m0/s1. The minimum atomic E-state index is -0.315. The van der Waals surface area contributed by atoms with Crippen LogP contribution in [0.4, 0.5) is 0 Å². The minimum absolute atomic E-state index is 0.0810. The fourth-order valence-corrected chi connectivity index (χ4v) is 4.24. The Morgan fingerprint density at radius 3 is 2.92 bits per heavy atom. The molecule has 138 valence electrons. The number of ether oxygens (including phenoxy) is 1. The number of unbranched alkanes of at least 4 members (excludes halogenated alkanes) is 2. The van der Waals surface area contributed by atoms with Gasteiger partial charge in [-0.2, -0.15) is 0 Å². The highest BCUT2D eigenvalue weighted by Gasteiger charge is 2.43. The summed E-state index contributed by atoms with van der Waals surface area (Å²) in [6.45, 7) is 6.23. The number of rotatable bonds is 7. The summed E-state index contributed by atoms with van der Waals surface area (Å²) in [6.07, 6.45) is 14.8. The molecule has 0 amide bonds. The summed E-state index contributed by atoms with van der Waals surface area (Å²) in [7, 11) is 0. The molecule has 0 aromatic rings. The molecule has 0 radical (unpaired) electrons. The monoisotopic (exact) mass is 336 g/mol. The van der Waals surface area contributed by atoms with Crippen molar-refractivity contribution in [1.29, 1.82) is 0 Å². The molecule has 5 atom stereocenters. The third-order valence-electron chi connectivity index (χ3n) is 5.69. The lowest BCUT2D eigenvalue weighted by molar-refractivity contribution is 0.0630. The minimum Gasteiger partial charge on any atom is -0.495 e. The van der Waals surface area contributed by atoms with Gasteiger partial charge in [-0.3, -0.25) is 0 Å². The van der Waals surface area contributed by atoms with Crippen LogP contribution in [-0.2, 0) is 4.74 Å². The van der Waals surface area contributed by atoms with Gasteiger partial charge in [0, 0.05) is 18.8 Å². The fourth-order valence-electron chi connectivity index (χ4n) is 4.24. The zero-order valence-corrected chi connectivity index (χ0v) is 15.3. The van der Waals surface area contributed by atoms with E-state index in [2.05, 4.69) is 25.7 Å². The first-order valence-electron chi connectivity index (χ1n) is 9.97. The van der Waals surface area contributed by atoms with Crippen molar-refractivity contribution in [1.82, 2.24) is 0 Å². The molecule has 0 bridgehead atoms. The van der Waals surface area contributed by atoms with Gasteiger partial charge in [-0.25, -0.2) is 0 Å². The van der Waals surface area contributed by atoms with Crippen molar-refractivity contribution in [3.63, 3.8) is 0 Å². The lowest BCUT2D eigenvalue weighted by atomic mass is 9.85. The van der Waals surface area contributed by atoms with E-state index in [-0.39, 0.29) is 24.2 Å². The lowest BCUT2D eigenvalue weighted by Crippen LogP contribution is -2.25. The number of allylic oxidation sites excluding steroid dienone is 3. The Morgan fingerprint density at radius 2 is 2.12 bits per heavy atom. The van der Waals surface area contributed by atoms with E-state index in [1.165, 1.54) is 12.8 Å². The summed E-state index contributed by atoms with van der Waals surface area (Å²) in [5.74, 6) is 1.44. The molecule has 2 aliphatic rings. The number of hydrogen-bond acceptors (Lipinski definition) is 3. The van der Waals surface area contributed by atoms with Gasteiger partial charge < -0.3 is 14.9 Å². The van der Waals surface area contributed by atoms with Crippen LogP contribution >= 0.6 is 0 Å². The Morgan fingerprint density at radius 1 is 1.29 bits per heavy atom. The van der Waals surface area contributed by atoms with E-state index in [4.69, 9.17) is 4.74 Å². The normalized spacial score (nSPS) is 33.5. The molecule has 2 N–H and O–H groups in total. The quantitative estimate of drug-likeness (QED) is 0.522. The first-order valence-corrected chi connectivity index (χ1v) is 9.97. The van der Waals surface area contributed by atoms with Crippen molar-refractivity contribution in [2.45, 2.75) is 95.9 Å². The van der Waals surface area contributed by atoms with E-state index in [1.807, 2.05) is 0 Å². The summed E-state index contributed by atoms with van der Waals surface area (Å²) in [6, 6.07) is 0. The number of hydrogen-bond donors (Lipinski definition) is 2. The third kappa shape index (κ3) is 5.93. The largest absolute Gasteiger partial charge is 0.495 e. The molecule has 0 aromatic carbocycles. The van der Waals surface area contributed by atoms with E-state index in [1.54, 1.807) is 0 Å². The van der Waals surface area contributed by atoms with Crippen molar-refractivity contribution in [3.8, 4) is 0 Å². The number of aliphatic hydroxyl groups excluding tert-OH is 2. The molecule has 0 unspecified atom stereocenters. The van der Waals surface area contributed by atoms with E-state index >= 15 is 0 Å². The van der Waals surface area contributed by atoms with Gasteiger partial charge >= 0.3 is 0 Å². The van der Waals surface area contributed by atoms with Crippen LogP contribution in [0.5, 0.6) is 0 Å². The molecule has 2 rings (SSSR count). The Balaban J connectivity index is 1.90. The maximum Gasteiger partial charge on any atom is 0.104 e.